The van der Waals surface area contributed by atoms with Gasteiger partial charge in [-0.2, -0.15) is 0 Å². The highest BCUT2D eigenvalue weighted by Gasteiger charge is 2.28. The van der Waals surface area contributed by atoms with E-state index in [0.717, 1.165) is 6.42 Å². The molecule has 0 aromatic heterocycles. The lowest BCUT2D eigenvalue weighted by molar-refractivity contribution is 0.150. The van der Waals surface area contributed by atoms with Crippen molar-refractivity contribution in [3.63, 3.8) is 0 Å². The SMILES string of the molecule is C[CH]CC(O)C1CC1. The van der Waals surface area contributed by atoms with E-state index in [-0.39, 0.29) is 6.10 Å². The lowest BCUT2D eigenvalue weighted by Crippen LogP contribution is -2.07. The van der Waals surface area contributed by atoms with Crippen molar-refractivity contribution < 1.29 is 5.11 Å². The van der Waals surface area contributed by atoms with Gasteiger partial charge in [0.05, 0.1) is 6.10 Å². The molecule has 1 nitrogen and oxygen atoms in total. The van der Waals surface area contributed by atoms with Gasteiger partial charge in [-0.1, -0.05) is 6.92 Å². The summed E-state index contributed by atoms with van der Waals surface area (Å²) in [5, 5.41) is 9.16. The predicted octanol–water partition coefficient (Wildman–Crippen LogP) is 1.37. The molecule has 0 aromatic rings. The Labute approximate surface area is 50.7 Å². The van der Waals surface area contributed by atoms with Gasteiger partial charge in [-0.15, -0.1) is 0 Å². The third kappa shape index (κ3) is 1.48. The molecule has 0 bridgehead atoms. The van der Waals surface area contributed by atoms with Crippen LogP contribution >= 0.6 is 0 Å². The van der Waals surface area contributed by atoms with E-state index < -0.39 is 0 Å². The molecule has 0 spiro atoms. The van der Waals surface area contributed by atoms with Gasteiger partial charge in [0.2, 0.25) is 0 Å². The van der Waals surface area contributed by atoms with E-state index in [9.17, 15) is 0 Å². The summed E-state index contributed by atoms with van der Waals surface area (Å²) in [6, 6.07) is 0. The Kier molecular flexibility index (Phi) is 1.90. The van der Waals surface area contributed by atoms with E-state index in [0.29, 0.717) is 5.92 Å². The second kappa shape index (κ2) is 2.49. The summed E-state index contributed by atoms with van der Waals surface area (Å²) in [6.45, 7) is 1.99. The molecule has 0 aromatic carbocycles. The van der Waals surface area contributed by atoms with Crippen LogP contribution in [0.3, 0.4) is 0 Å². The quantitative estimate of drug-likeness (QED) is 0.586. The monoisotopic (exact) mass is 113 g/mol. The van der Waals surface area contributed by atoms with Gasteiger partial charge in [0.15, 0.2) is 0 Å². The number of hydrogen-bond donors (Lipinski definition) is 1. The Hall–Kier alpha value is -0.0400. The molecule has 0 saturated heterocycles. The first-order valence-electron chi connectivity index (χ1n) is 3.30. The average molecular weight is 113 g/mol. The van der Waals surface area contributed by atoms with Gasteiger partial charge in [-0.05, 0) is 31.6 Å². The summed E-state index contributed by atoms with van der Waals surface area (Å²) in [6.07, 6.45) is 5.37. The molecule has 1 aliphatic rings. The first-order chi connectivity index (χ1) is 3.84. The van der Waals surface area contributed by atoms with Crippen molar-refractivity contribution in [3.8, 4) is 0 Å². The fourth-order valence-electron chi connectivity index (χ4n) is 0.915. The first kappa shape index (κ1) is 6.09. The van der Waals surface area contributed by atoms with Crippen molar-refractivity contribution in [1.82, 2.24) is 0 Å². The fraction of sp³-hybridized carbons (Fsp3) is 0.857. The zero-order chi connectivity index (χ0) is 5.98. The fourth-order valence-corrected chi connectivity index (χ4v) is 0.915. The van der Waals surface area contributed by atoms with Gasteiger partial charge < -0.3 is 5.11 Å². The maximum Gasteiger partial charge on any atom is 0.0571 e. The van der Waals surface area contributed by atoms with Crippen molar-refractivity contribution in [3.05, 3.63) is 6.42 Å². The molecule has 0 amide bonds. The van der Waals surface area contributed by atoms with E-state index in [1.807, 2.05) is 13.3 Å². The smallest absolute Gasteiger partial charge is 0.0571 e. The molecule has 1 heteroatoms. The van der Waals surface area contributed by atoms with Crippen LogP contribution in [0.25, 0.3) is 0 Å². The zero-order valence-electron chi connectivity index (χ0n) is 5.30. The van der Waals surface area contributed by atoms with Crippen molar-refractivity contribution in [2.75, 3.05) is 0 Å². The van der Waals surface area contributed by atoms with Crippen molar-refractivity contribution in [2.45, 2.75) is 32.3 Å². The van der Waals surface area contributed by atoms with E-state index in [1.54, 1.807) is 0 Å². The molecule has 1 aliphatic carbocycles. The van der Waals surface area contributed by atoms with Gasteiger partial charge >= 0.3 is 0 Å². The minimum Gasteiger partial charge on any atom is -0.393 e. The highest BCUT2D eigenvalue weighted by molar-refractivity contribution is 4.82. The molecular formula is C7H13O. The standard InChI is InChI=1S/C7H13O/c1-2-3-7(8)6-4-5-6/h2,6-8H,3-5H2,1H3. The molecule has 47 valence electrons. The largest absolute Gasteiger partial charge is 0.393 e. The van der Waals surface area contributed by atoms with Crippen LogP contribution in [-0.4, -0.2) is 11.2 Å². The zero-order valence-corrected chi connectivity index (χ0v) is 5.30. The second-order valence-corrected chi connectivity index (χ2v) is 2.55. The highest BCUT2D eigenvalue weighted by atomic mass is 16.3. The maximum absolute atomic E-state index is 9.16. The Balaban J connectivity index is 2.03. The topological polar surface area (TPSA) is 20.2 Å². The van der Waals surface area contributed by atoms with E-state index in [1.165, 1.54) is 12.8 Å². The van der Waals surface area contributed by atoms with E-state index in [2.05, 4.69) is 0 Å². The van der Waals surface area contributed by atoms with E-state index in [4.69, 9.17) is 5.11 Å². The minimum absolute atomic E-state index is 0.0278. The molecule has 1 atom stereocenters. The summed E-state index contributed by atoms with van der Waals surface area (Å²) in [4.78, 5) is 0. The molecule has 0 aliphatic heterocycles. The van der Waals surface area contributed by atoms with Crippen molar-refractivity contribution >= 4 is 0 Å². The molecule has 1 saturated carbocycles. The van der Waals surface area contributed by atoms with Crippen LogP contribution < -0.4 is 0 Å². The Morgan fingerprint density at radius 2 is 2.38 bits per heavy atom. The lowest BCUT2D eigenvalue weighted by atomic mass is 10.1. The molecule has 1 unspecified atom stereocenters. The predicted molar refractivity (Wildman–Crippen MR) is 33.3 cm³/mol. The molecular weight excluding hydrogens is 100 g/mol. The van der Waals surface area contributed by atoms with Crippen molar-refractivity contribution in [1.29, 1.82) is 0 Å². The normalized spacial score (nSPS) is 23.2. The van der Waals surface area contributed by atoms with Crippen molar-refractivity contribution in [2.24, 2.45) is 5.92 Å². The van der Waals surface area contributed by atoms with Crippen LogP contribution in [0.15, 0.2) is 0 Å². The van der Waals surface area contributed by atoms with Crippen LogP contribution in [0.4, 0.5) is 0 Å². The molecule has 1 radical (unpaired) electrons. The molecule has 1 N–H and O–H groups in total. The molecule has 1 rings (SSSR count). The van der Waals surface area contributed by atoms with Gasteiger partial charge in [-0.25, -0.2) is 0 Å². The molecule has 0 heterocycles. The van der Waals surface area contributed by atoms with Crippen LogP contribution in [0.1, 0.15) is 26.2 Å². The maximum atomic E-state index is 9.16. The Morgan fingerprint density at radius 1 is 1.75 bits per heavy atom. The molecule has 8 heavy (non-hydrogen) atoms. The second-order valence-electron chi connectivity index (χ2n) is 2.55. The average Bonchev–Trinajstić information content (AvgIpc) is 2.45. The van der Waals surface area contributed by atoms with Crippen LogP contribution in [0.2, 0.25) is 0 Å². The summed E-state index contributed by atoms with van der Waals surface area (Å²) in [5.74, 6) is 0.645. The lowest BCUT2D eigenvalue weighted by Gasteiger charge is -2.04. The number of hydrogen-bond acceptors (Lipinski definition) is 1. The first-order valence-corrected chi connectivity index (χ1v) is 3.30. The summed E-state index contributed by atoms with van der Waals surface area (Å²) < 4.78 is 0. The Bertz CT molecular complexity index is 66.8. The van der Waals surface area contributed by atoms with Gasteiger partial charge in [-0.3, -0.25) is 0 Å². The third-order valence-corrected chi connectivity index (χ3v) is 1.64. The number of rotatable bonds is 3. The van der Waals surface area contributed by atoms with Gasteiger partial charge in [0.1, 0.15) is 0 Å². The number of aliphatic hydroxyl groups excluding tert-OH is 1. The van der Waals surface area contributed by atoms with Crippen LogP contribution in [0, 0.1) is 12.3 Å². The third-order valence-electron chi connectivity index (χ3n) is 1.64. The van der Waals surface area contributed by atoms with E-state index >= 15 is 0 Å². The summed E-state index contributed by atoms with van der Waals surface area (Å²) in [5.41, 5.74) is 0. The summed E-state index contributed by atoms with van der Waals surface area (Å²) >= 11 is 0. The number of aliphatic hydroxyl groups is 1. The highest BCUT2D eigenvalue weighted by Crippen LogP contribution is 2.33. The van der Waals surface area contributed by atoms with Gasteiger partial charge in [0, 0.05) is 0 Å². The van der Waals surface area contributed by atoms with Crippen LogP contribution in [0.5, 0.6) is 0 Å². The van der Waals surface area contributed by atoms with Crippen LogP contribution in [-0.2, 0) is 0 Å². The Morgan fingerprint density at radius 3 is 2.75 bits per heavy atom. The van der Waals surface area contributed by atoms with Gasteiger partial charge in [0.25, 0.3) is 0 Å². The molecule has 1 fully saturated rings. The summed E-state index contributed by atoms with van der Waals surface area (Å²) in [7, 11) is 0. The minimum atomic E-state index is -0.0278.